The molecular weight excluding hydrogens is 637 g/mol. The van der Waals surface area contributed by atoms with E-state index in [0.29, 0.717) is 0 Å². The summed E-state index contributed by atoms with van der Waals surface area (Å²) < 4.78 is 12.4. The van der Waals surface area contributed by atoms with Gasteiger partial charge in [-0.2, -0.15) is 18.9 Å². The van der Waals surface area contributed by atoms with E-state index in [2.05, 4.69) is 180 Å². The molecule has 6 aliphatic rings. The molecule has 1 unspecified atom stereocenters. The summed E-state index contributed by atoms with van der Waals surface area (Å²) in [5, 5.41) is 0. The molecule has 1 atom stereocenters. The van der Waals surface area contributed by atoms with Crippen LogP contribution in [0.4, 0.5) is 34.4 Å². The molecule has 13 rings (SSSR count). The first-order valence-corrected chi connectivity index (χ1v) is 18.4. The zero-order chi connectivity index (χ0) is 34.5. The van der Waals surface area contributed by atoms with E-state index in [-0.39, 0.29) is 10.8 Å². The molecule has 0 saturated heterocycles. The second-order valence-electron chi connectivity index (χ2n) is 16.2. The smallest absolute Gasteiger partial charge is 0.321 e. The average molecular weight is 671 g/mol. The Kier molecular flexibility index (Phi) is 4.48. The van der Waals surface area contributed by atoms with E-state index in [9.17, 15) is 0 Å². The van der Waals surface area contributed by atoms with E-state index < -0.39 is 5.66 Å². The lowest BCUT2D eigenvalue weighted by Gasteiger charge is -2.51. The molecule has 5 nitrogen and oxygen atoms in total. The lowest BCUT2D eigenvalue weighted by Crippen LogP contribution is -2.80. The fraction of sp³-hybridized carbons (Fsp3) is 0.149. The lowest BCUT2D eigenvalue weighted by atomic mass is 9.64. The summed E-state index contributed by atoms with van der Waals surface area (Å²) in [6, 6.07) is 45.1. The van der Waals surface area contributed by atoms with Crippen molar-refractivity contribution in [2.24, 2.45) is 0 Å². The van der Waals surface area contributed by atoms with Crippen LogP contribution in [-0.4, -0.2) is 0 Å². The number of pyridine rings is 2. The number of ether oxygens (including phenoxy) is 1. The van der Waals surface area contributed by atoms with Crippen LogP contribution >= 0.6 is 0 Å². The maximum absolute atomic E-state index is 7.22. The molecular formula is C47H34N4O+2. The number of benzene rings is 5. The van der Waals surface area contributed by atoms with Crippen LogP contribution in [0, 0.1) is 0 Å². The van der Waals surface area contributed by atoms with Gasteiger partial charge in [-0.15, -0.1) is 0 Å². The van der Waals surface area contributed by atoms with Crippen molar-refractivity contribution < 1.29 is 13.9 Å². The summed E-state index contributed by atoms with van der Waals surface area (Å²) in [6.45, 7) is 9.62. The monoisotopic (exact) mass is 670 g/mol. The molecule has 0 aliphatic carbocycles. The van der Waals surface area contributed by atoms with Gasteiger partial charge in [0.05, 0.1) is 18.0 Å². The fourth-order valence-corrected chi connectivity index (χ4v) is 11.0. The molecule has 0 radical (unpaired) electrons. The van der Waals surface area contributed by atoms with Gasteiger partial charge in [-0.05, 0) is 53.6 Å². The predicted molar refractivity (Wildman–Crippen MR) is 203 cm³/mol. The number of anilines is 6. The van der Waals surface area contributed by atoms with Crippen molar-refractivity contribution in [2.45, 2.75) is 44.2 Å². The third-order valence-corrected chi connectivity index (χ3v) is 13.2. The molecule has 2 aromatic heterocycles. The quantitative estimate of drug-likeness (QED) is 0.150. The maximum Gasteiger partial charge on any atom is 0.321 e. The van der Waals surface area contributed by atoms with Crippen LogP contribution in [0.3, 0.4) is 0 Å². The van der Waals surface area contributed by atoms with Crippen molar-refractivity contribution in [3.05, 3.63) is 167 Å². The van der Waals surface area contributed by atoms with E-state index in [1.807, 2.05) is 0 Å². The molecule has 0 saturated carbocycles. The minimum Gasteiger partial charge on any atom is -0.456 e. The van der Waals surface area contributed by atoms with Crippen LogP contribution in [0.25, 0.3) is 22.3 Å². The Hall–Kier alpha value is -6.20. The molecule has 0 bridgehead atoms. The summed E-state index contributed by atoms with van der Waals surface area (Å²) >= 11 is 0. The third kappa shape index (κ3) is 2.69. The Morgan fingerprint density at radius 1 is 0.462 bits per heavy atom. The number of para-hydroxylation sites is 2. The molecule has 0 fully saturated rings. The minimum atomic E-state index is -0.793. The van der Waals surface area contributed by atoms with Gasteiger partial charge in [0.25, 0.3) is 11.6 Å². The van der Waals surface area contributed by atoms with E-state index in [1.54, 1.807) is 0 Å². The van der Waals surface area contributed by atoms with Crippen molar-refractivity contribution in [2.75, 3.05) is 9.80 Å². The van der Waals surface area contributed by atoms with Gasteiger partial charge in [-0.25, -0.2) is 0 Å². The maximum atomic E-state index is 7.22. The summed E-state index contributed by atoms with van der Waals surface area (Å²) in [5.74, 6) is 4.13. The fourth-order valence-electron chi connectivity index (χ4n) is 11.0. The molecule has 6 aliphatic heterocycles. The third-order valence-electron chi connectivity index (χ3n) is 13.2. The Morgan fingerprint density at radius 3 is 1.88 bits per heavy atom. The lowest BCUT2D eigenvalue weighted by molar-refractivity contribution is -0.963. The van der Waals surface area contributed by atoms with Gasteiger partial charge in [0, 0.05) is 44.7 Å². The van der Waals surface area contributed by atoms with Gasteiger partial charge >= 0.3 is 5.66 Å². The highest BCUT2D eigenvalue weighted by Crippen LogP contribution is 2.68. The van der Waals surface area contributed by atoms with Gasteiger partial charge in [-0.3, -0.25) is 0 Å². The standard InChI is InChI=1S/C47H34N4O/c1-45(2)31-16-11-17-32-42(31)51-43-33(45)22-24-37-40(43)47(49-26-12-18-34(44(49)51)46(32,3)4)39-36(52-37)23-21-30-28-14-6-5-13-27(28)29-15-7-8-19-35(29)50(41(30)39)38-20-9-10-25-48(38)47/h5-26H,1-4H3/q+2. The molecule has 7 aromatic rings. The number of fused-ring (bicyclic) bond motifs is 7. The van der Waals surface area contributed by atoms with E-state index in [0.717, 1.165) is 23.0 Å². The van der Waals surface area contributed by atoms with Crippen LogP contribution in [0.15, 0.2) is 134 Å². The highest BCUT2D eigenvalue weighted by molar-refractivity contribution is 6.05. The average Bonchev–Trinajstić information content (AvgIpc) is 3.29. The predicted octanol–water partition coefficient (Wildman–Crippen LogP) is 10.2. The SMILES string of the molecule is CC1(C)c2cccc3c2N2c4c1ccc1c4C4(c5c(ccc6c5N(c5ccccc5-c5ccccc5-6)c5cccc[n+]54)O1)[n+]1cccc(c12)C3(C)C. The summed E-state index contributed by atoms with van der Waals surface area (Å²) in [6.07, 6.45) is 4.63. The van der Waals surface area contributed by atoms with E-state index >= 15 is 0 Å². The summed E-state index contributed by atoms with van der Waals surface area (Å²) in [5.41, 5.74) is 16.3. The van der Waals surface area contributed by atoms with E-state index in [4.69, 9.17) is 4.74 Å². The Labute approximate surface area is 302 Å². The Balaban J connectivity index is 1.29. The van der Waals surface area contributed by atoms with Gasteiger partial charge < -0.3 is 4.74 Å². The van der Waals surface area contributed by atoms with Gasteiger partial charge in [-0.1, -0.05) is 100 Å². The van der Waals surface area contributed by atoms with Gasteiger partial charge in [0.15, 0.2) is 11.4 Å². The normalized spacial score (nSPS) is 19.6. The first-order valence-electron chi connectivity index (χ1n) is 18.4. The Bertz CT molecular complexity index is 2850. The van der Waals surface area contributed by atoms with Gasteiger partial charge in [0.2, 0.25) is 0 Å². The highest BCUT2D eigenvalue weighted by Gasteiger charge is 2.70. The molecule has 5 aromatic carbocycles. The van der Waals surface area contributed by atoms with Crippen molar-refractivity contribution in [3.8, 4) is 33.8 Å². The zero-order valence-corrected chi connectivity index (χ0v) is 29.4. The molecule has 8 heterocycles. The molecule has 52 heavy (non-hydrogen) atoms. The number of aromatic nitrogens is 2. The van der Waals surface area contributed by atoms with Crippen molar-refractivity contribution in [1.29, 1.82) is 0 Å². The minimum absolute atomic E-state index is 0.232. The van der Waals surface area contributed by atoms with E-state index in [1.165, 1.54) is 78.5 Å². The number of nitrogens with zero attached hydrogens (tertiary/aromatic N) is 4. The molecule has 246 valence electrons. The number of hydrogen-bond donors (Lipinski definition) is 0. The van der Waals surface area contributed by atoms with Crippen molar-refractivity contribution >= 4 is 34.4 Å². The zero-order valence-electron chi connectivity index (χ0n) is 29.4. The first kappa shape index (κ1) is 27.5. The Morgan fingerprint density at radius 2 is 1.08 bits per heavy atom. The van der Waals surface area contributed by atoms with Crippen LogP contribution in [0.5, 0.6) is 11.5 Å². The van der Waals surface area contributed by atoms with Crippen molar-refractivity contribution in [1.82, 2.24) is 0 Å². The molecule has 0 N–H and O–H groups in total. The van der Waals surface area contributed by atoms with Crippen molar-refractivity contribution in [3.63, 3.8) is 0 Å². The molecule has 5 heteroatoms. The van der Waals surface area contributed by atoms with Crippen LogP contribution in [-0.2, 0) is 16.5 Å². The summed E-state index contributed by atoms with van der Waals surface area (Å²) in [7, 11) is 0. The first-order chi connectivity index (χ1) is 25.3. The molecule has 0 amide bonds. The number of rotatable bonds is 0. The molecule has 1 spiro atoms. The highest BCUT2D eigenvalue weighted by atomic mass is 16.5. The van der Waals surface area contributed by atoms with Crippen LogP contribution in [0.2, 0.25) is 0 Å². The summed E-state index contributed by atoms with van der Waals surface area (Å²) in [4.78, 5) is 5.11. The largest absolute Gasteiger partial charge is 0.456 e. The number of hydrogen-bond acceptors (Lipinski definition) is 3. The second-order valence-corrected chi connectivity index (χ2v) is 16.2. The van der Waals surface area contributed by atoms with Crippen LogP contribution in [0.1, 0.15) is 61.1 Å². The van der Waals surface area contributed by atoms with Gasteiger partial charge in [0.1, 0.15) is 34.0 Å². The second kappa shape index (κ2) is 8.46. The van der Waals surface area contributed by atoms with Crippen LogP contribution < -0.4 is 23.7 Å². The topological polar surface area (TPSA) is 23.5 Å².